The molecular weight excluding hydrogens is 279 g/mol. The number of nitriles is 1. The van der Waals surface area contributed by atoms with Crippen molar-refractivity contribution >= 4 is 10.0 Å². The minimum absolute atomic E-state index is 0.00987. The monoisotopic (exact) mass is 296 g/mol. The lowest BCUT2D eigenvalue weighted by atomic mass is 9.96. The molecule has 1 saturated carbocycles. The number of nitrogens with zero attached hydrogens (tertiary/aromatic N) is 2. The molecule has 0 heterocycles. The predicted molar refractivity (Wildman–Crippen MR) is 72.9 cm³/mol. The van der Waals surface area contributed by atoms with E-state index in [4.69, 9.17) is 5.26 Å². The Morgan fingerprint density at radius 1 is 1.30 bits per heavy atom. The minimum atomic E-state index is -3.67. The third-order valence-corrected chi connectivity index (χ3v) is 5.73. The molecule has 0 bridgehead atoms. The van der Waals surface area contributed by atoms with Crippen molar-refractivity contribution in [1.29, 1.82) is 5.26 Å². The third-order valence-electron chi connectivity index (χ3n) is 3.82. The molecule has 4 nitrogen and oxygen atoms in total. The van der Waals surface area contributed by atoms with Crippen molar-refractivity contribution in [2.75, 3.05) is 7.05 Å². The molecule has 0 atom stereocenters. The summed E-state index contributed by atoms with van der Waals surface area (Å²) < 4.78 is 39.7. The predicted octanol–water partition coefficient (Wildman–Crippen LogP) is 2.65. The maximum absolute atomic E-state index is 13.3. The third kappa shape index (κ3) is 2.84. The summed E-state index contributed by atoms with van der Waals surface area (Å²) in [6, 6.07) is 5.00. The fourth-order valence-corrected chi connectivity index (χ4v) is 4.00. The SMILES string of the molecule is CN(C1CCCCC1)S(=O)(=O)c1ccc(F)c(C#N)c1. The van der Waals surface area contributed by atoms with Gasteiger partial charge in [0.25, 0.3) is 0 Å². The first-order valence-electron chi connectivity index (χ1n) is 6.64. The van der Waals surface area contributed by atoms with Crippen molar-refractivity contribution < 1.29 is 12.8 Å². The Kier molecular flexibility index (Phi) is 4.41. The van der Waals surface area contributed by atoms with Crippen molar-refractivity contribution in [2.45, 2.75) is 43.0 Å². The molecule has 108 valence electrons. The molecule has 1 aromatic carbocycles. The molecule has 1 fully saturated rings. The minimum Gasteiger partial charge on any atom is -0.207 e. The van der Waals surface area contributed by atoms with Gasteiger partial charge in [0.15, 0.2) is 0 Å². The van der Waals surface area contributed by atoms with Gasteiger partial charge in [0.05, 0.1) is 10.5 Å². The lowest BCUT2D eigenvalue weighted by molar-refractivity contribution is 0.286. The fraction of sp³-hybridized carbons (Fsp3) is 0.500. The number of hydrogen-bond acceptors (Lipinski definition) is 3. The van der Waals surface area contributed by atoms with Crippen LogP contribution in [0, 0.1) is 17.1 Å². The van der Waals surface area contributed by atoms with Crippen LogP contribution in [0.1, 0.15) is 37.7 Å². The highest BCUT2D eigenvalue weighted by atomic mass is 32.2. The zero-order valence-electron chi connectivity index (χ0n) is 11.3. The zero-order valence-corrected chi connectivity index (χ0v) is 12.2. The Morgan fingerprint density at radius 3 is 2.55 bits per heavy atom. The van der Waals surface area contributed by atoms with Crippen LogP contribution in [0.4, 0.5) is 4.39 Å². The van der Waals surface area contributed by atoms with E-state index in [0.29, 0.717) is 0 Å². The van der Waals surface area contributed by atoms with Gasteiger partial charge in [0.2, 0.25) is 10.0 Å². The molecule has 1 aliphatic carbocycles. The number of benzene rings is 1. The highest BCUT2D eigenvalue weighted by molar-refractivity contribution is 7.89. The van der Waals surface area contributed by atoms with Crippen molar-refractivity contribution in [3.8, 4) is 6.07 Å². The lowest BCUT2D eigenvalue weighted by Crippen LogP contribution is -2.38. The average molecular weight is 296 g/mol. The maximum atomic E-state index is 13.3. The molecule has 20 heavy (non-hydrogen) atoms. The van der Waals surface area contributed by atoms with Gasteiger partial charge in [-0.05, 0) is 31.0 Å². The van der Waals surface area contributed by atoms with Crippen LogP contribution in [0.5, 0.6) is 0 Å². The van der Waals surface area contributed by atoms with Gasteiger partial charge in [-0.2, -0.15) is 9.57 Å². The summed E-state index contributed by atoms with van der Waals surface area (Å²) in [6.07, 6.45) is 4.89. The maximum Gasteiger partial charge on any atom is 0.243 e. The van der Waals surface area contributed by atoms with Gasteiger partial charge >= 0.3 is 0 Å². The highest BCUT2D eigenvalue weighted by Crippen LogP contribution is 2.27. The second kappa shape index (κ2) is 5.90. The summed E-state index contributed by atoms with van der Waals surface area (Å²) in [5, 5.41) is 8.80. The van der Waals surface area contributed by atoms with Crippen LogP contribution in [0.25, 0.3) is 0 Å². The Labute approximate surface area is 118 Å². The molecule has 0 amide bonds. The summed E-state index contributed by atoms with van der Waals surface area (Å²) in [6.45, 7) is 0. The van der Waals surface area contributed by atoms with Crippen LogP contribution in [-0.2, 0) is 10.0 Å². The van der Waals surface area contributed by atoms with Crippen molar-refractivity contribution in [3.05, 3.63) is 29.6 Å². The van der Waals surface area contributed by atoms with Crippen molar-refractivity contribution in [1.82, 2.24) is 4.31 Å². The van der Waals surface area contributed by atoms with Crippen LogP contribution in [0.3, 0.4) is 0 Å². The van der Waals surface area contributed by atoms with Gasteiger partial charge in [-0.1, -0.05) is 19.3 Å². The van der Waals surface area contributed by atoms with E-state index >= 15 is 0 Å². The van der Waals surface area contributed by atoms with Gasteiger partial charge in [-0.15, -0.1) is 0 Å². The molecule has 0 spiro atoms. The van der Waals surface area contributed by atoms with Crippen molar-refractivity contribution in [2.24, 2.45) is 0 Å². The Morgan fingerprint density at radius 2 is 1.95 bits per heavy atom. The highest BCUT2D eigenvalue weighted by Gasteiger charge is 2.29. The largest absolute Gasteiger partial charge is 0.243 e. The summed E-state index contributed by atoms with van der Waals surface area (Å²) >= 11 is 0. The normalized spacial score (nSPS) is 17.1. The van der Waals surface area contributed by atoms with Crippen LogP contribution in [0.15, 0.2) is 23.1 Å². The molecule has 0 radical (unpaired) electrons. The van der Waals surface area contributed by atoms with Gasteiger partial charge in [-0.3, -0.25) is 0 Å². The first-order chi connectivity index (χ1) is 9.46. The average Bonchev–Trinajstić information content (AvgIpc) is 2.47. The van der Waals surface area contributed by atoms with Gasteiger partial charge in [-0.25, -0.2) is 12.8 Å². The summed E-state index contributed by atoms with van der Waals surface area (Å²) in [5.74, 6) is -0.702. The Hall–Kier alpha value is -1.45. The van der Waals surface area contributed by atoms with Crippen LogP contribution < -0.4 is 0 Å². The quantitative estimate of drug-likeness (QED) is 0.861. The molecule has 6 heteroatoms. The fourth-order valence-electron chi connectivity index (χ4n) is 2.56. The van der Waals surface area contributed by atoms with E-state index in [1.165, 1.54) is 10.4 Å². The number of hydrogen-bond donors (Lipinski definition) is 0. The Bertz CT molecular complexity index is 631. The summed E-state index contributed by atoms with van der Waals surface area (Å²) in [4.78, 5) is -0.0245. The standard InChI is InChI=1S/C14H17FN2O2S/c1-17(12-5-3-2-4-6-12)20(18,19)13-7-8-14(15)11(9-13)10-16/h7-9,12H,2-6H2,1H3. The summed E-state index contributed by atoms with van der Waals surface area (Å²) in [7, 11) is -2.12. The molecule has 0 aliphatic heterocycles. The summed E-state index contributed by atoms with van der Waals surface area (Å²) in [5.41, 5.74) is -0.247. The van der Waals surface area contributed by atoms with Crippen LogP contribution in [-0.4, -0.2) is 25.8 Å². The van der Waals surface area contributed by atoms with Gasteiger partial charge in [0, 0.05) is 13.1 Å². The first-order valence-corrected chi connectivity index (χ1v) is 8.08. The molecule has 0 unspecified atom stereocenters. The molecular formula is C14H17FN2O2S. The van der Waals surface area contributed by atoms with E-state index in [2.05, 4.69) is 0 Å². The number of sulfonamides is 1. The van der Waals surface area contributed by atoms with Crippen LogP contribution >= 0.6 is 0 Å². The van der Waals surface area contributed by atoms with Gasteiger partial charge < -0.3 is 0 Å². The second-order valence-corrected chi connectivity index (χ2v) is 7.06. The van der Waals surface area contributed by atoms with E-state index in [9.17, 15) is 12.8 Å². The number of rotatable bonds is 3. The molecule has 1 aromatic rings. The number of halogens is 1. The second-order valence-electron chi connectivity index (χ2n) is 5.07. The van der Waals surface area contributed by atoms with E-state index in [0.717, 1.165) is 44.2 Å². The molecule has 1 aliphatic rings. The zero-order chi connectivity index (χ0) is 14.8. The molecule has 0 aromatic heterocycles. The molecule has 0 saturated heterocycles. The van der Waals surface area contributed by atoms with E-state index < -0.39 is 15.8 Å². The van der Waals surface area contributed by atoms with Gasteiger partial charge in [0.1, 0.15) is 11.9 Å². The topological polar surface area (TPSA) is 61.2 Å². The lowest BCUT2D eigenvalue weighted by Gasteiger charge is -2.30. The van der Waals surface area contributed by atoms with E-state index in [-0.39, 0.29) is 16.5 Å². The van der Waals surface area contributed by atoms with E-state index in [1.54, 1.807) is 13.1 Å². The van der Waals surface area contributed by atoms with E-state index in [1.807, 2.05) is 0 Å². The first kappa shape index (κ1) is 14.9. The molecule has 0 N–H and O–H groups in total. The molecule has 2 rings (SSSR count). The van der Waals surface area contributed by atoms with Crippen LogP contribution in [0.2, 0.25) is 0 Å². The Balaban J connectivity index is 2.32. The van der Waals surface area contributed by atoms with Crippen molar-refractivity contribution in [3.63, 3.8) is 0 Å². The smallest absolute Gasteiger partial charge is 0.207 e.